The number of aromatic nitrogens is 3. The van der Waals surface area contributed by atoms with Gasteiger partial charge < -0.3 is 5.32 Å². The SMILES string of the molecule is CCc1nccn1-c1ncccc1CNC(C)(C)C. The number of hydrogen-bond donors (Lipinski definition) is 1. The predicted octanol–water partition coefficient (Wildman–Crippen LogP) is 2.72. The molecule has 2 heterocycles. The summed E-state index contributed by atoms with van der Waals surface area (Å²) in [6.45, 7) is 9.40. The Hall–Kier alpha value is -1.68. The Morgan fingerprint density at radius 1 is 1.21 bits per heavy atom. The number of nitrogens with one attached hydrogen (secondary N) is 1. The lowest BCUT2D eigenvalue weighted by Crippen LogP contribution is -2.35. The molecule has 0 aromatic carbocycles. The second-order valence-electron chi connectivity index (χ2n) is 5.66. The van der Waals surface area contributed by atoms with Crippen LogP contribution in [0, 0.1) is 0 Å². The van der Waals surface area contributed by atoms with Gasteiger partial charge in [0.2, 0.25) is 0 Å². The van der Waals surface area contributed by atoms with E-state index < -0.39 is 0 Å². The van der Waals surface area contributed by atoms with E-state index in [2.05, 4.69) is 53.6 Å². The van der Waals surface area contributed by atoms with Crippen molar-refractivity contribution in [3.63, 3.8) is 0 Å². The lowest BCUT2D eigenvalue weighted by molar-refractivity contribution is 0.423. The Morgan fingerprint density at radius 3 is 2.68 bits per heavy atom. The zero-order valence-electron chi connectivity index (χ0n) is 12.1. The predicted molar refractivity (Wildman–Crippen MR) is 77.3 cm³/mol. The molecule has 1 N–H and O–H groups in total. The number of pyridine rings is 1. The smallest absolute Gasteiger partial charge is 0.142 e. The molecular weight excluding hydrogens is 236 g/mol. The summed E-state index contributed by atoms with van der Waals surface area (Å²) >= 11 is 0. The van der Waals surface area contributed by atoms with Crippen LogP contribution in [-0.2, 0) is 13.0 Å². The Balaban J connectivity index is 2.31. The van der Waals surface area contributed by atoms with Crippen molar-refractivity contribution in [2.75, 3.05) is 0 Å². The standard InChI is InChI=1S/C15H22N4/c1-5-13-16-9-10-19(13)14-12(7-6-8-17-14)11-18-15(2,3)4/h6-10,18H,5,11H2,1-4H3. The Morgan fingerprint density at radius 2 is 2.00 bits per heavy atom. The van der Waals surface area contributed by atoms with E-state index in [-0.39, 0.29) is 5.54 Å². The first-order chi connectivity index (χ1) is 9.01. The molecule has 0 aliphatic heterocycles. The van der Waals surface area contributed by atoms with Crippen LogP contribution < -0.4 is 5.32 Å². The summed E-state index contributed by atoms with van der Waals surface area (Å²) < 4.78 is 2.07. The fraction of sp³-hybridized carbons (Fsp3) is 0.467. The molecule has 0 aliphatic carbocycles. The zero-order valence-corrected chi connectivity index (χ0v) is 12.1. The molecule has 0 fully saturated rings. The summed E-state index contributed by atoms with van der Waals surface area (Å²) in [5, 5.41) is 3.50. The quantitative estimate of drug-likeness (QED) is 0.917. The van der Waals surface area contributed by atoms with E-state index in [0.717, 1.165) is 24.6 Å². The molecule has 0 saturated heterocycles. The summed E-state index contributed by atoms with van der Waals surface area (Å²) in [4.78, 5) is 8.88. The van der Waals surface area contributed by atoms with Gasteiger partial charge in [0.15, 0.2) is 0 Å². The van der Waals surface area contributed by atoms with Gasteiger partial charge in [-0.25, -0.2) is 9.97 Å². The third kappa shape index (κ3) is 3.41. The number of imidazole rings is 1. The van der Waals surface area contributed by atoms with E-state index in [4.69, 9.17) is 0 Å². The van der Waals surface area contributed by atoms with E-state index in [9.17, 15) is 0 Å². The van der Waals surface area contributed by atoms with E-state index in [1.54, 1.807) is 0 Å². The van der Waals surface area contributed by atoms with Crippen molar-refractivity contribution in [1.29, 1.82) is 0 Å². The summed E-state index contributed by atoms with van der Waals surface area (Å²) in [6.07, 6.45) is 6.53. The van der Waals surface area contributed by atoms with Gasteiger partial charge in [-0.1, -0.05) is 13.0 Å². The maximum atomic E-state index is 4.51. The largest absolute Gasteiger partial charge is 0.308 e. The number of nitrogens with zero attached hydrogens (tertiary/aromatic N) is 3. The van der Waals surface area contributed by atoms with E-state index in [1.165, 1.54) is 5.56 Å². The normalized spacial score (nSPS) is 11.8. The molecule has 2 aromatic heterocycles. The van der Waals surface area contributed by atoms with Gasteiger partial charge in [-0.3, -0.25) is 4.57 Å². The van der Waals surface area contributed by atoms with Gasteiger partial charge in [-0.15, -0.1) is 0 Å². The van der Waals surface area contributed by atoms with Crippen molar-refractivity contribution < 1.29 is 0 Å². The van der Waals surface area contributed by atoms with E-state index in [0.29, 0.717) is 0 Å². The van der Waals surface area contributed by atoms with Crippen LogP contribution in [0.4, 0.5) is 0 Å². The zero-order chi connectivity index (χ0) is 13.9. The van der Waals surface area contributed by atoms with Gasteiger partial charge in [0.1, 0.15) is 11.6 Å². The molecule has 2 rings (SSSR count). The highest BCUT2D eigenvalue weighted by molar-refractivity contribution is 5.35. The first-order valence-electron chi connectivity index (χ1n) is 6.73. The van der Waals surface area contributed by atoms with Crippen molar-refractivity contribution in [1.82, 2.24) is 19.9 Å². The third-order valence-corrected chi connectivity index (χ3v) is 2.94. The van der Waals surface area contributed by atoms with Crippen molar-refractivity contribution >= 4 is 0 Å². The van der Waals surface area contributed by atoms with Crippen LogP contribution in [0.2, 0.25) is 0 Å². The highest BCUT2D eigenvalue weighted by Crippen LogP contribution is 2.15. The second kappa shape index (κ2) is 5.53. The minimum Gasteiger partial charge on any atom is -0.308 e. The summed E-state index contributed by atoms with van der Waals surface area (Å²) in [5.74, 6) is 2.00. The maximum Gasteiger partial charge on any atom is 0.142 e. The molecule has 0 unspecified atom stereocenters. The number of hydrogen-bond acceptors (Lipinski definition) is 3. The van der Waals surface area contributed by atoms with Crippen LogP contribution in [0.25, 0.3) is 5.82 Å². The van der Waals surface area contributed by atoms with Gasteiger partial charge in [0, 0.05) is 42.7 Å². The molecule has 102 valence electrons. The molecule has 4 nitrogen and oxygen atoms in total. The van der Waals surface area contributed by atoms with Gasteiger partial charge in [-0.2, -0.15) is 0 Å². The van der Waals surface area contributed by atoms with Gasteiger partial charge in [-0.05, 0) is 26.8 Å². The minimum atomic E-state index is 0.0929. The first kappa shape index (κ1) is 13.7. The van der Waals surface area contributed by atoms with Crippen LogP contribution in [0.3, 0.4) is 0 Å². The number of aryl methyl sites for hydroxylation is 1. The Bertz CT molecular complexity index is 537. The lowest BCUT2D eigenvalue weighted by atomic mass is 10.1. The maximum absolute atomic E-state index is 4.51. The van der Waals surface area contributed by atoms with E-state index >= 15 is 0 Å². The summed E-state index contributed by atoms with van der Waals surface area (Å²) in [6, 6.07) is 4.09. The van der Waals surface area contributed by atoms with E-state index in [1.807, 2.05) is 24.7 Å². The Kier molecular flexibility index (Phi) is 4.00. The first-order valence-corrected chi connectivity index (χ1v) is 6.73. The average Bonchev–Trinajstić information content (AvgIpc) is 2.84. The fourth-order valence-corrected chi connectivity index (χ4v) is 1.93. The topological polar surface area (TPSA) is 42.7 Å². The van der Waals surface area contributed by atoms with Crippen LogP contribution >= 0.6 is 0 Å². The molecule has 4 heteroatoms. The third-order valence-electron chi connectivity index (χ3n) is 2.94. The van der Waals surface area contributed by atoms with Crippen molar-refractivity contribution in [2.24, 2.45) is 0 Å². The van der Waals surface area contributed by atoms with Gasteiger partial charge in [0.25, 0.3) is 0 Å². The van der Waals surface area contributed by atoms with Gasteiger partial charge in [0.05, 0.1) is 0 Å². The highest BCUT2D eigenvalue weighted by atomic mass is 15.1. The molecule has 2 aromatic rings. The summed E-state index contributed by atoms with van der Waals surface area (Å²) in [5.41, 5.74) is 1.28. The molecular formula is C15H22N4. The van der Waals surface area contributed by atoms with Crippen molar-refractivity contribution in [3.8, 4) is 5.82 Å². The molecule has 0 atom stereocenters. The van der Waals surface area contributed by atoms with Crippen molar-refractivity contribution in [3.05, 3.63) is 42.1 Å². The Labute approximate surface area is 114 Å². The van der Waals surface area contributed by atoms with Crippen LogP contribution in [0.15, 0.2) is 30.7 Å². The minimum absolute atomic E-state index is 0.0929. The molecule has 0 aliphatic rings. The molecule has 19 heavy (non-hydrogen) atoms. The molecule has 0 amide bonds. The molecule has 0 saturated carbocycles. The average molecular weight is 258 g/mol. The lowest BCUT2D eigenvalue weighted by Gasteiger charge is -2.21. The van der Waals surface area contributed by atoms with Crippen LogP contribution in [-0.4, -0.2) is 20.1 Å². The molecule has 0 bridgehead atoms. The van der Waals surface area contributed by atoms with Gasteiger partial charge >= 0.3 is 0 Å². The monoisotopic (exact) mass is 258 g/mol. The fourth-order valence-electron chi connectivity index (χ4n) is 1.93. The second-order valence-corrected chi connectivity index (χ2v) is 5.66. The van der Waals surface area contributed by atoms with Crippen LogP contribution in [0.1, 0.15) is 39.1 Å². The molecule has 0 spiro atoms. The summed E-state index contributed by atoms with van der Waals surface area (Å²) in [7, 11) is 0. The van der Waals surface area contributed by atoms with Crippen molar-refractivity contribution in [2.45, 2.75) is 46.2 Å². The highest BCUT2D eigenvalue weighted by Gasteiger charge is 2.13. The van der Waals surface area contributed by atoms with Crippen LogP contribution in [0.5, 0.6) is 0 Å². The number of rotatable bonds is 4. The molecule has 0 radical (unpaired) electrons.